The van der Waals surface area contributed by atoms with Crippen LogP contribution in [0.1, 0.15) is 17.5 Å². The topological polar surface area (TPSA) is 47.0 Å². The highest BCUT2D eigenvalue weighted by atomic mass is 35.5. The van der Waals surface area contributed by atoms with Gasteiger partial charge in [0.1, 0.15) is 25.1 Å². The van der Waals surface area contributed by atoms with E-state index in [1.54, 1.807) is 7.11 Å². The highest BCUT2D eigenvalue weighted by Crippen LogP contribution is 2.08. The van der Waals surface area contributed by atoms with Gasteiger partial charge in [-0.1, -0.05) is 41.6 Å². The third-order valence-electron chi connectivity index (χ3n) is 3.11. The van der Waals surface area contributed by atoms with Gasteiger partial charge < -0.3 is 10.1 Å². The van der Waals surface area contributed by atoms with Crippen molar-refractivity contribution in [1.29, 1.82) is 0 Å². The minimum absolute atomic E-state index is 0.470. The predicted octanol–water partition coefficient (Wildman–Crippen LogP) is 1.39. The highest BCUT2D eigenvalue weighted by molar-refractivity contribution is 6.46. The van der Waals surface area contributed by atoms with Gasteiger partial charge in [0, 0.05) is 25.6 Å². The first-order valence-electron chi connectivity index (χ1n) is 6.99. The van der Waals surface area contributed by atoms with Gasteiger partial charge in [0.05, 0.1) is 6.61 Å². The number of rotatable bonds is 5. The quantitative estimate of drug-likeness (QED) is 0.392. The number of halogens is 1. The summed E-state index contributed by atoms with van der Waals surface area (Å²) in [6.07, 6.45) is 2.16. The molecule has 22 heavy (non-hydrogen) atoms. The summed E-state index contributed by atoms with van der Waals surface area (Å²) >= 11 is 5.95. The molecule has 2 aromatic rings. The molecule has 112 valence electrons. The molecule has 2 rings (SSSR count). The van der Waals surface area contributed by atoms with Gasteiger partial charge in [0.15, 0.2) is 0 Å². The molecule has 0 aliphatic heterocycles. The summed E-state index contributed by atoms with van der Waals surface area (Å²) in [4.78, 5) is 8.09. The zero-order chi connectivity index (χ0) is 15.8. The third-order valence-corrected chi connectivity index (χ3v) is 3.49. The van der Waals surface area contributed by atoms with E-state index in [2.05, 4.69) is 27.1 Å². The Bertz CT molecular complexity index is 697. The van der Waals surface area contributed by atoms with Crippen molar-refractivity contribution in [2.45, 2.75) is 13.0 Å². The summed E-state index contributed by atoms with van der Waals surface area (Å²) in [5.41, 5.74) is 2.96. The number of methoxy groups -OCH3 is 1. The number of hydrogen-bond acceptors (Lipinski definition) is 4. The van der Waals surface area contributed by atoms with Crippen molar-refractivity contribution in [3.63, 3.8) is 0 Å². The van der Waals surface area contributed by atoms with Crippen molar-refractivity contribution < 1.29 is 4.74 Å². The van der Waals surface area contributed by atoms with Gasteiger partial charge in [-0.3, -0.25) is 0 Å². The number of ether oxygens (including phenoxy) is 1. The first-order valence-corrected chi connectivity index (χ1v) is 7.37. The van der Waals surface area contributed by atoms with Gasteiger partial charge in [0.25, 0.3) is 0 Å². The zero-order valence-electron chi connectivity index (χ0n) is 12.7. The fourth-order valence-corrected chi connectivity index (χ4v) is 2.06. The van der Waals surface area contributed by atoms with Crippen LogP contribution in [-0.4, -0.2) is 31.5 Å². The first kappa shape index (κ1) is 16.3. The van der Waals surface area contributed by atoms with E-state index >= 15 is 0 Å². The molecule has 0 bridgehead atoms. The second kappa shape index (κ2) is 8.43. The van der Waals surface area contributed by atoms with Crippen molar-refractivity contribution >= 4 is 30.7 Å². The standard InChI is InChI=1S/C16H17BClN3O/c1-22-10-13-8-3-2-6-12(13)7-4-5-9-19-16-14(17)15(18)20-11-21-16/h2-3,6,8,11H,5,9-10,17H2,1H3,(H,19,20,21). The Morgan fingerprint density at radius 1 is 1.32 bits per heavy atom. The Hall–Kier alpha value is -2.03. The molecule has 0 unspecified atom stereocenters. The summed E-state index contributed by atoms with van der Waals surface area (Å²) in [7, 11) is 3.57. The molecule has 0 amide bonds. The lowest BCUT2D eigenvalue weighted by molar-refractivity contribution is 0.184. The SMILES string of the molecule is Bc1c(Cl)ncnc1NCCC#Cc1ccccc1COC. The van der Waals surface area contributed by atoms with Crippen molar-refractivity contribution in [2.24, 2.45) is 0 Å². The van der Waals surface area contributed by atoms with E-state index in [-0.39, 0.29) is 0 Å². The van der Waals surface area contributed by atoms with E-state index in [1.807, 2.05) is 32.1 Å². The smallest absolute Gasteiger partial charge is 0.148 e. The maximum Gasteiger partial charge on any atom is 0.148 e. The van der Waals surface area contributed by atoms with E-state index in [4.69, 9.17) is 16.3 Å². The molecule has 0 aliphatic rings. The van der Waals surface area contributed by atoms with E-state index in [0.29, 0.717) is 24.7 Å². The van der Waals surface area contributed by atoms with E-state index in [1.165, 1.54) is 6.33 Å². The molecule has 1 N–H and O–H groups in total. The van der Waals surface area contributed by atoms with Gasteiger partial charge in [-0.05, 0) is 17.1 Å². The zero-order valence-corrected chi connectivity index (χ0v) is 13.4. The van der Waals surface area contributed by atoms with Crippen molar-refractivity contribution in [2.75, 3.05) is 19.0 Å². The second-order valence-electron chi connectivity index (χ2n) is 4.71. The van der Waals surface area contributed by atoms with Gasteiger partial charge in [0.2, 0.25) is 0 Å². The average molecular weight is 314 g/mol. The Labute approximate surface area is 136 Å². The van der Waals surface area contributed by atoms with Crippen LogP contribution in [0.5, 0.6) is 0 Å². The fourth-order valence-electron chi connectivity index (χ4n) is 1.93. The van der Waals surface area contributed by atoms with Crippen LogP contribution < -0.4 is 10.8 Å². The van der Waals surface area contributed by atoms with Crippen molar-refractivity contribution in [1.82, 2.24) is 9.97 Å². The van der Waals surface area contributed by atoms with E-state index in [9.17, 15) is 0 Å². The van der Waals surface area contributed by atoms with Gasteiger partial charge in [-0.2, -0.15) is 0 Å². The molecule has 1 aromatic carbocycles. The van der Waals surface area contributed by atoms with Crippen molar-refractivity contribution in [3.8, 4) is 11.8 Å². The van der Waals surface area contributed by atoms with Crippen LogP contribution in [0.15, 0.2) is 30.6 Å². The molecule has 4 nitrogen and oxygen atoms in total. The van der Waals surface area contributed by atoms with Gasteiger partial charge in [-0.25, -0.2) is 9.97 Å². The molecule has 0 atom stereocenters. The van der Waals surface area contributed by atoms with E-state index < -0.39 is 0 Å². The molecular formula is C16H17BClN3O. The number of aromatic nitrogens is 2. The molecule has 1 heterocycles. The molecule has 1 aromatic heterocycles. The maximum absolute atomic E-state index is 5.95. The summed E-state index contributed by atoms with van der Waals surface area (Å²) in [5.74, 6) is 7.09. The van der Waals surface area contributed by atoms with Crippen LogP contribution in [0.4, 0.5) is 5.82 Å². The normalized spacial score (nSPS) is 9.91. The summed E-state index contributed by atoms with van der Waals surface area (Å²) in [6.45, 7) is 1.27. The second-order valence-corrected chi connectivity index (χ2v) is 5.06. The van der Waals surface area contributed by atoms with Gasteiger partial charge in [-0.15, -0.1) is 0 Å². The number of benzene rings is 1. The molecule has 0 radical (unpaired) electrons. The Morgan fingerprint density at radius 3 is 2.95 bits per heavy atom. The molecule has 0 saturated carbocycles. The summed E-state index contributed by atoms with van der Waals surface area (Å²) < 4.78 is 5.17. The highest BCUT2D eigenvalue weighted by Gasteiger charge is 2.03. The lowest BCUT2D eigenvalue weighted by Crippen LogP contribution is -2.17. The van der Waals surface area contributed by atoms with Crippen LogP contribution in [0, 0.1) is 11.8 Å². The van der Waals surface area contributed by atoms with Crippen molar-refractivity contribution in [3.05, 3.63) is 46.9 Å². The van der Waals surface area contributed by atoms with Crippen LogP contribution in [0.3, 0.4) is 0 Å². The minimum atomic E-state index is 0.470. The van der Waals surface area contributed by atoms with Gasteiger partial charge >= 0.3 is 0 Å². The number of hydrogen-bond donors (Lipinski definition) is 1. The third kappa shape index (κ3) is 4.49. The van der Waals surface area contributed by atoms with Crippen LogP contribution >= 0.6 is 11.6 Å². The molecular weight excluding hydrogens is 296 g/mol. The monoisotopic (exact) mass is 313 g/mol. The maximum atomic E-state index is 5.95. The Morgan fingerprint density at radius 2 is 2.14 bits per heavy atom. The number of nitrogens with zero attached hydrogens (tertiary/aromatic N) is 2. The molecule has 0 fully saturated rings. The predicted molar refractivity (Wildman–Crippen MR) is 92.4 cm³/mol. The Kier molecular flexibility index (Phi) is 6.26. The average Bonchev–Trinajstić information content (AvgIpc) is 2.53. The molecule has 0 saturated heterocycles. The lowest BCUT2D eigenvalue weighted by atomic mass is 9.99. The fraction of sp³-hybridized carbons (Fsp3) is 0.250. The van der Waals surface area contributed by atoms with E-state index in [0.717, 1.165) is 22.4 Å². The summed E-state index contributed by atoms with van der Waals surface area (Å²) in [6, 6.07) is 8.00. The number of anilines is 1. The largest absolute Gasteiger partial charge is 0.380 e. The minimum Gasteiger partial charge on any atom is -0.380 e. The molecule has 6 heteroatoms. The number of nitrogens with one attached hydrogen (secondary N) is 1. The van der Waals surface area contributed by atoms with Crippen LogP contribution in [-0.2, 0) is 11.3 Å². The van der Waals surface area contributed by atoms with Crippen LogP contribution in [0.25, 0.3) is 0 Å². The molecule has 0 aliphatic carbocycles. The summed E-state index contributed by atoms with van der Waals surface area (Å²) in [5, 5.41) is 3.69. The lowest BCUT2D eigenvalue weighted by Gasteiger charge is -2.06. The molecule has 0 spiro atoms. The Balaban J connectivity index is 1.91. The first-order chi connectivity index (χ1) is 10.7. The van der Waals surface area contributed by atoms with Crippen LogP contribution in [0.2, 0.25) is 5.15 Å².